The van der Waals surface area contributed by atoms with E-state index in [9.17, 15) is 4.79 Å². The molecule has 6 heteroatoms. The molecule has 5 nitrogen and oxygen atoms in total. The van der Waals surface area contributed by atoms with E-state index < -0.39 is 12.0 Å². The fourth-order valence-electron chi connectivity index (χ4n) is 0.642. The maximum Gasteiger partial charge on any atom is 0.325 e. The number of aliphatic carboxylic acids is 1. The average Bonchev–Trinajstić information content (AvgIpc) is 2.08. The van der Waals surface area contributed by atoms with Gasteiger partial charge in [0.05, 0.1) is 17.4 Å². The molecule has 0 saturated heterocycles. The lowest BCUT2D eigenvalue weighted by Crippen LogP contribution is -2.26. The van der Waals surface area contributed by atoms with Crippen LogP contribution in [0.25, 0.3) is 0 Å². The molecule has 1 aromatic rings. The molecule has 0 aliphatic carbocycles. The largest absolute Gasteiger partial charge is 0.480 e. The Morgan fingerprint density at radius 3 is 2.62 bits per heavy atom. The van der Waals surface area contributed by atoms with Gasteiger partial charge in [0.25, 0.3) is 0 Å². The van der Waals surface area contributed by atoms with Gasteiger partial charge in [-0.25, -0.2) is 9.97 Å². The summed E-state index contributed by atoms with van der Waals surface area (Å²) in [6.07, 6.45) is 2.79. The van der Waals surface area contributed by atoms with E-state index in [0.717, 1.165) is 0 Å². The number of carboxylic acid groups (broad SMARTS) is 1. The van der Waals surface area contributed by atoms with E-state index >= 15 is 0 Å². The molecule has 1 aromatic heterocycles. The fourth-order valence-corrected chi connectivity index (χ4v) is 0.740. The van der Waals surface area contributed by atoms with Crippen LogP contribution in [0.3, 0.4) is 0 Å². The Labute approximate surface area is 79.8 Å². The highest BCUT2D eigenvalue weighted by atomic mass is 35.5. The van der Waals surface area contributed by atoms with Gasteiger partial charge >= 0.3 is 5.97 Å². The molecule has 0 spiro atoms. The number of nitrogens with zero attached hydrogens (tertiary/aromatic N) is 2. The summed E-state index contributed by atoms with van der Waals surface area (Å²) in [5, 5.41) is 11.6. The average molecular weight is 202 g/mol. The van der Waals surface area contributed by atoms with Gasteiger partial charge < -0.3 is 10.4 Å². The van der Waals surface area contributed by atoms with Crippen LogP contribution >= 0.6 is 11.6 Å². The summed E-state index contributed by atoms with van der Waals surface area (Å²) in [4.78, 5) is 18.0. The van der Waals surface area contributed by atoms with E-state index in [1.54, 1.807) is 0 Å². The molecule has 1 rings (SSSR count). The van der Waals surface area contributed by atoms with Crippen molar-refractivity contribution in [3.05, 3.63) is 17.4 Å². The third kappa shape index (κ3) is 2.87. The molecule has 70 valence electrons. The Morgan fingerprint density at radius 2 is 2.15 bits per heavy atom. The maximum atomic E-state index is 10.4. The minimum Gasteiger partial charge on any atom is -0.480 e. The Morgan fingerprint density at radius 1 is 1.62 bits per heavy atom. The number of nitrogens with one attached hydrogen (secondary N) is 1. The van der Waals surface area contributed by atoms with Crippen LogP contribution < -0.4 is 5.32 Å². The quantitative estimate of drug-likeness (QED) is 0.764. The van der Waals surface area contributed by atoms with Crippen molar-refractivity contribution in [3.8, 4) is 0 Å². The van der Waals surface area contributed by atoms with Crippen molar-refractivity contribution >= 4 is 23.5 Å². The topological polar surface area (TPSA) is 75.1 Å². The zero-order chi connectivity index (χ0) is 9.84. The van der Waals surface area contributed by atoms with Gasteiger partial charge in [0.2, 0.25) is 5.95 Å². The van der Waals surface area contributed by atoms with Crippen LogP contribution in [0, 0.1) is 0 Å². The molecule has 0 unspecified atom stereocenters. The van der Waals surface area contributed by atoms with E-state index in [0.29, 0.717) is 5.02 Å². The normalized spacial score (nSPS) is 12.2. The standard InChI is InChI=1S/C7H8ClN3O2/c1-4(6(12)13)11-7-9-2-5(8)3-10-7/h2-4H,1H3,(H,12,13)(H,9,10,11)/t4-/m0/s1. The lowest BCUT2D eigenvalue weighted by Gasteiger charge is -2.07. The minimum absolute atomic E-state index is 0.249. The van der Waals surface area contributed by atoms with E-state index in [2.05, 4.69) is 15.3 Å². The van der Waals surface area contributed by atoms with E-state index in [4.69, 9.17) is 16.7 Å². The summed E-state index contributed by atoms with van der Waals surface area (Å²) in [5.74, 6) is -0.710. The predicted octanol–water partition coefficient (Wildman–Crippen LogP) is 1.01. The third-order valence-electron chi connectivity index (χ3n) is 1.34. The second kappa shape index (κ2) is 4.04. The van der Waals surface area contributed by atoms with Gasteiger partial charge in [-0.15, -0.1) is 0 Å². The molecule has 0 radical (unpaired) electrons. The summed E-state index contributed by atoms with van der Waals surface area (Å²) >= 11 is 5.54. The molecule has 0 saturated carbocycles. The fraction of sp³-hybridized carbons (Fsp3) is 0.286. The second-order valence-corrected chi connectivity index (χ2v) is 2.87. The van der Waals surface area contributed by atoms with E-state index in [1.165, 1.54) is 19.3 Å². The summed E-state index contributed by atoms with van der Waals surface area (Å²) in [6.45, 7) is 1.50. The summed E-state index contributed by atoms with van der Waals surface area (Å²) < 4.78 is 0. The number of hydrogen-bond acceptors (Lipinski definition) is 4. The molecular formula is C7H8ClN3O2. The zero-order valence-corrected chi connectivity index (χ0v) is 7.62. The third-order valence-corrected chi connectivity index (χ3v) is 1.53. The Kier molecular flexibility index (Phi) is 3.02. The first kappa shape index (κ1) is 9.73. The van der Waals surface area contributed by atoms with Crippen molar-refractivity contribution in [3.63, 3.8) is 0 Å². The monoisotopic (exact) mass is 201 g/mol. The van der Waals surface area contributed by atoms with Gasteiger partial charge in [0.1, 0.15) is 6.04 Å². The zero-order valence-electron chi connectivity index (χ0n) is 6.86. The molecule has 0 amide bonds. The number of rotatable bonds is 3. The number of halogens is 1. The maximum absolute atomic E-state index is 10.4. The van der Waals surface area contributed by atoms with Crippen LogP contribution in [-0.2, 0) is 4.79 Å². The van der Waals surface area contributed by atoms with Crippen LogP contribution in [0.2, 0.25) is 5.02 Å². The van der Waals surface area contributed by atoms with Crippen molar-refractivity contribution in [2.45, 2.75) is 13.0 Å². The Bertz CT molecular complexity index is 301. The number of anilines is 1. The number of hydrogen-bond donors (Lipinski definition) is 2. The van der Waals surface area contributed by atoms with Gasteiger partial charge in [0.15, 0.2) is 0 Å². The van der Waals surface area contributed by atoms with Gasteiger partial charge in [-0.05, 0) is 6.92 Å². The van der Waals surface area contributed by atoms with Crippen molar-refractivity contribution in [2.75, 3.05) is 5.32 Å². The Balaban J connectivity index is 2.64. The van der Waals surface area contributed by atoms with E-state index in [-0.39, 0.29) is 5.95 Å². The smallest absolute Gasteiger partial charge is 0.325 e. The first-order valence-corrected chi connectivity index (χ1v) is 3.94. The molecule has 0 aliphatic rings. The molecule has 0 aliphatic heterocycles. The SMILES string of the molecule is C[C@H](Nc1ncc(Cl)cn1)C(=O)O. The van der Waals surface area contributed by atoms with Crippen molar-refractivity contribution in [1.82, 2.24) is 9.97 Å². The highest BCUT2D eigenvalue weighted by Gasteiger charge is 2.10. The highest BCUT2D eigenvalue weighted by molar-refractivity contribution is 6.30. The second-order valence-electron chi connectivity index (χ2n) is 2.43. The van der Waals surface area contributed by atoms with Crippen molar-refractivity contribution in [1.29, 1.82) is 0 Å². The number of carbonyl (C=O) groups is 1. The Hall–Kier alpha value is -1.36. The van der Waals surface area contributed by atoms with Gasteiger partial charge in [-0.1, -0.05) is 11.6 Å². The van der Waals surface area contributed by atoms with Crippen LogP contribution in [-0.4, -0.2) is 27.1 Å². The molecule has 0 aromatic carbocycles. The first-order valence-electron chi connectivity index (χ1n) is 3.56. The van der Waals surface area contributed by atoms with Crippen LogP contribution in [0.5, 0.6) is 0 Å². The van der Waals surface area contributed by atoms with Gasteiger partial charge in [-0.2, -0.15) is 0 Å². The lowest BCUT2D eigenvalue weighted by molar-refractivity contribution is -0.137. The van der Waals surface area contributed by atoms with Crippen molar-refractivity contribution in [2.24, 2.45) is 0 Å². The summed E-state index contributed by atoms with van der Waals surface area (Å²) in [7, 11) is 0. The summed E-state index contributed by atoms with van der Waals surface area (Å²) in [5.41, 5.74) is 0. The molecule has 13 heavy (non-hydrogen) atoms. The lowest BCUT2D eigenvalue weighted by atomic mass is 10.3. The van der Waals surface area contributed by atoms with E-state index in [1.807, 2.05) is 0 Å². The van der Waals surface area contributed by atoms with Gasteiger partial charge in [-0.3, -0.25) is 4.79 Å². The summed E-state index contributed by atoms with van der Waals surface area (Å²) in [6, 6.07) is -0.721. The molecular weight excluding hydrogens is 194 g/mol. The molecule has 1 heterocycles. The van der Waals surface area contributed by atoms with Crippen LogP contribution in [0.1, 0.15) is 6.92 Å². The van der Waals surface area contributed by atoms with Crippen molar-refractivity contribution < 1.29 is 9.90 Å². The number of aromatic nitrogens is 2. The van der Waals surface area contributed by atoms with Crippen LogP contribution in [0.15, 0.2) is 12.4 Å². The molecule has 2 N–H and O–H groups in total. The van der Waals surface area contributed by atoms with Gasteiger partial charge in [0, 0.05) is 0 Å². The predicted molar refractivity (Wildman–Crippen MR) is 47.8 cm³/mol. The first-order chi connectivity index (χ1) is 6.09. The number of carboxylic acids is 1. The minimum atomic E-state index is -0.960. The molecule has 0 fully saturated rings. The highest BCUT2D eigenvalue weighted by Crippen LogP contribution is 2.06. The van der Waals surface area contributed by atoms with Crippen LogP contribution in [0.4, 0.5) is 5.95 Å². The molecule has 1 atom stereocenters. The molecule has 0 bridgehead atoms.